The largest absolute Gasteiger partial charge is 0.368 e. The number of aromatic nitrogens is 3. The molecule has 0 radical (unpaired) electrons. The lowest BCUT2D eigenvalue weighted by Gasteiger charge is -2.14. The van der Waals surface area contributed by atoms with Crippen LogP contribution >= 0.6 is 11.8 Å². The van der Waals surface area contributed by atoms with Gasteiger partial charge >= 0.3 is 0 Å². The van der Waals surface area contributed by atoms with E-state index in [9.17, 15) is 9.18 Å². The summed E-state index contributed by atoms with van der Waals surface area (Å²) < 4.78 is 13.5. The molecular weight excluding hydrogens is 293 g/mol. The predicted octanol–water partition coefficient (Wildman–Crippen LogP) is 2.10. The van der Waals surface area contributed by atoms with Crippen LogP contribution in [-0.4, -0.2) is 26.1 Å². The van der Waals surface area contributed by atoms with Crippen molar-refractivity contribution < 1.29 is 9.18 Å². The predicted molar refractivity (Wildman–Crippen MR) is 79.2 cm³/mol. The summed E-state index contributed by atoms with van der Waals surface area (Å²) in [6.45, 7) is 1.85. The lowest BCUT2D eigenvalue weighted by Crippen LogP contribution is -2.25. The smallest absolute Gasteiger partial charge is 0.238 e. The maximum atomic E-state index is 13.5. The normalized spacial score (nSPS) is 11.9. The van der Waals surface area contributed by atoms with E-state index in [1.165, 1.54) is 18.5 Å². The summed E-state index contributed by atoms with van der Waals surface area (Å²) in [5, 5.41) is 2.47. The third-order valence-corrected chi connectivity index (χ3v) is 3.85. The Bertz CT molecular complexity index is 639. The van der Waals surface area contributed by atoms with E-state index in [1.54, 1.807) is 12.1 Å². The monoisotopic (exact) mass is 307 g/mol. The van der Waals surface area contributed by atoms with Crippen LogP contribution in [0, 0.1) is 5.82 Å². The van der Waals surface area contributed by atoms with Crippen LogP contribution in [0.4, 0.5) is 16.0 Å². The van der Waals surface area contributed by atoms with E-state index in [4.69, 9.17) is 5.73 Å². The van der Waals surface area contributed by atoms with Crippen molar-refractivity contribution in [3.05, 3.63) is 36.4 Å². The summed E-state index contributed by atoms with van der Waals surface area (Å²) >= 11 is 1.16. The number of thioether (sulfide) groups is 1. The molecule has 1 amide bonds. The van der Waals surface area contributed by atoms with Crippen molar-refractivity contribution in [3.63, 3.8) is 0 Å². The highest BCUT2D eigenvalue weighted by Crippen LogP contribution is 2.24. The molecule has 8 heteroatoms. The molecule has 0 aliphatic heterocycles. The highest BCUT2D eigenvalue weighted by atomic mass is 32.2. The van der Waals surface area contributed by atoms with Crippen LogP contribution in [0.25, 0.3) is 0 Å². The van der Waals surface area contributed by atoms with Gasteiger partial charge in [0.2, 0.25) is 11.9 Å². The van der Waals surface area contributed by atoms with E-state index in [1.807, 2.05) is 6.92 Å². The standard InChI is InChI=1S/C13H14FN5OS/c1-2-10(21-13-17-7-16-12(15)19-13)11(20)18-9-6-4-3-5-8(9)14/h3-7,10H,2H2,1H3,(H,18,20)(H2,15,16,17,19). The average Bonchev–Trinajstić information content (AvgIpc) is 2.47. The van der Waals surface area contributed by atoms with E-state index >= 15 is 0 Å². The number of nitrogen functional groups attached to an aromatic ring is 1. The first kappa shape index (κ1) is 15.2. The lowest BCUT2D eigenvalue weighted by atomic mass is 10.2. The van der Waals surface area contributed by atoms with Crippen molar-refractivity contribution in [3.8, 4) is 0 Å². The van der Waals surface area contributed by atoms with Crippen molar-refractivity contribution >= 4 is 29.3 Å². The summed E-state index contributed by atoms with van der Waals surface area (Å²) in [6, 6.07) is 6.01. The Labute approximate surface area is 125 Å². The van der Waals surface area contributed by atoms with Crippen molar-refractivity contribution in [2.75, 3.05) is 11.1 Å². The second-order valence-electron chi connectivity index (χ2n) is 4.11. The topological polar surface area (TPSA) is 93.8 Å². The number of rotatable bonds is 5. The molecule has 0 fully saturated rings. The zero-order valence-corrected chi connectivity index (χ0v) is 12.1. The minimum atomic E-state index is -0.477. The summed E-state index contributed by atoms with van der Waals surface area (Å²) in [5.41, 5.74) is 5.62. The van der Waals surface area contributed by atoms with Crippen molar-refractivity contribution in [2.24, 2.45) is 0 Å². The fourth-order valence-corrected chi connectivity index (χ4v) is 2.42. The van der Waals surface area contributed by atoms with Gasteiger partial charge in [0.15, 0.2) is 5.16 Å². The van der Waals surface area contributed by atoms with Crippen LogP contribution in [0.15, 0.2) is 35.7 Å². The molecule has 1 heterocycles. The molecule has 1 atom stereocenters. The average molecular weight is 307 g/mol. The van der Waals surface area contributed by atoms with Crippen LogP contribution in [0.5, 0.6) is 0 Å². The van der Waals surface area contributed by atoms with Crippen LogP contribution in [0.3, 0.4) is 0 Å². The number of nitrogens with zero attached hydrogens (tertiary/aromatic N) is 3. The highest BCUT2D eigenvalue weighted by molar-refractivity contribution is 8.00. The number of carbonyl (C=O) groups excluding carboxylic acids is 1. The van der Waals surface area contributed by atoms with Gasteiger partial charge in [0, 0.05) is 0 Å². The number of hydrogen-bond donors (Lipinski definition) is 2. The molecule has 0 spiro atoms. The summed E-state index contributed by atoms with van der Waals surface area (Å²) in [5.74, 6) is -0.696. The van der Waals surface area contributed by atoms with E-state index in [0.29, 0.717) is 11.6 Å². The highest BCUT2D eigenvalue weighted by Gasteiger charge is 2.20. The van der Waals surface area contributed by atoms with Crippen LogP contribution < -0.4 is 11.1 Å². The second kappa shape index (κ2) is 6.98. The Morgan fingerprint density at radius 3 is 2.86 bits per heavy atom. The maximum Gasteiger partial charge on any atom is 0.238 e. The molecule has 0 saturated carbocycles. The van der Waals surface area contributed by atoms with E-state index in [0.717, 1.165) is 11.8 Å². The Balaban J connectivity index is 2.07. The third-order valence-electron chi connectivity index (χ3n) is 2.61. The van der Waals surface area contributed by atoms with Gasteiger partial charge in [0.25, 0.3) is 0 Å². The van der Waals surface area contributed by atoms with Crippen molar-refractivity contribution in [1.82, 2.24) is 15.0 Å². The first-order valence-electron chi connectivity index (χ1n) is 6.26. The van der Waals surface area contributed by atoms with Crippen LogP contribution in [-0.2, 0) is 4.79 Å². The zero-order valence-electron chi connectivity index (χ0n) is 11.3. The number of amides is 1. The van der Waals surface area contributed by atoms with Gasteiger partial charge in [-0.2, -0.15) is 4.98 Å². The molecule has 0 saturated heterocycles. The fourth-order valence-electron chi connectivity index (χ4n) is 1.58. The molecule has 1 aromatic carbocycles. The van der Waals surface area contributed by atoms with Crippen molar-refractivity contribution in [1.29, 1.82) is 0 Å². The minimum Gasteiger partial charge on any atom is -0.368 e. The van der Waals surface area contributed by atoms with Gasteiger partial charge < -0.3 is 11.1 Å². The molecule has 1 aromatic heterocycles. The second-order valence-corrected chi connectivity index (χ2v) is 5.28. The van der Waals surface area contributed by atoms with Gasteiger partial charge in [-0.1, -0.05) is 30.8 Å². The summed E-state index contributed by atoms with van der Waals surface area (Å²) in [6.07, 6.45) is 1.82. The van der Waals surface area contributed by atoms with E-state index < -0.39 is 11.1 Å². The van der Waals surface area contributed by atoms with Gasteiger partial charge in [0.1, 0.15) is 12.1 Å². The third kappa shape index (κ3) is 4.12. The number of nitrogens with one attached hydrogen (secondary N) is 1. The maximum absolute atomic E-state index is 13.5. The number of hydrogen-bond acceptors (Lipinski definition) is 6. The Morgan fingerprint density at radius 2 is 2.19 bits per heavy atom. The summed E-state index contributed by atoms with van der Waals surface area (Å²) in [4.78, 5) is 23.7. The number of halogens is 1. The number of benzene rings is 1. The van der Waals surface area contributed by atoms with Gasteiger partial charge in [0.05, 0.1) is 10.9 Å². The zero-order chi connectivity index (χ0) is 15.2. The van der Waals surface area contributed by atoms with Crippen molar-refractivity contribution in [2.45, 2.75) is 23.8 Å². The summed E-state index contributed by atoms with van der Waals surface area (Å²) in [7, 11) is 0. The fraction of sp³-hybridized carbons (Fsp3) is 0.231. The minimum absolute atomic E-state index is 0.0943. The molecule has 6 nitrogen and oxygen atoms in total. The number of carbonyl (C=O) groups is 1. The molecule has 0 bridgehead atoms. The molecule has 0 aliphatic carbocycles. The van der Waals surface area contributed by atoms with Crippen LogP contribution in [0.2, 0.25) is 0 Å². The Hall–Kier alpha value is -2.22. The lowest BCUT2D eigenvalue weighted by molar-refractivity contribution is -0.115. The molecule has 3 N–H and O–H groups in total. The SMILES string of the molecule is CCC(Sc1ncnc(N)n1)C(=O)Nc1ccccc1F. The number of nitrogens with two attached hydrogens (primary N) is 1. The first-order chi connectivity index (χ1) is 10.1. The van der Waals surface area contributed by atoms with Gasteiger partial charge in [-0.3, -0.25) is 4.79 Å². The molecule has 0 aliphatic rings. The molecular formula is C13H14FN5OS. The van der Waals surface area contributed by atoms with Gasteiger partial charge in [-0.25, -0.2) is 14.4 Å². The van der Waals surface area contributed by atoms with E-state index in [2.05, 4.69) is 20.3 Å². The van der Waals surface area contributed by atoms with Gasteiger partial charge in [-0.15, -0.1) is 0 Å². The quantitative estimate of drug-likeness (QED) is 0.822. The van der Waals surface area contributed by atoms with Crippen LogP contribution in [0.1, 0.15) is 13.3 Å². The number of para-hydroxylation sites is 1. The molecule has 2 aromatic rings. The number of anilines is 2. The molecule has 21 heavy (non-hydrogen) atoms. The first-order valence-corrected chi connectivity index (χ1v) is 7.14. The van der Waals surface area contributed by atoms with E-state index in [-0.39, 0.29) is 17.5 Å². The van der Waals surface area contributed by atoms with Gasteiger partial charge in [-0.05, 0) is 18.6 Å². The Kier molecular flexibility index (Phi) is 5.04. The molecule has 2 rings (SSSR count). The Morgan fingerprint density at radius 1 is 1.43 bits per heavy atom. The molecule has 1 unspecified atom stereocenters. The molecule has 110 valence electrons.